The third kappa shape index (κ3) is 8.49. The van der Waals surface area contributed by atoms with Gasteiger partial charge in [0.15, 0.2) is 0 Å². The Morgan fingerprint density at radius 2 is 1.82 bits per heavy atom. The number of aliphatic hydroxyl groups is 1. The minimum absolute atomic E-state index is 0.319. The molecule has 2 aromatic rings. The lowest BCUT2D eigenvalue weighted by molar-refractivity contribution is 0.0821. The largest absolute Gasteiger partial charge is 0.390 e. The van der Waals surface area contributed by atoms with Crippen LogP contribution in [0.3, 0.4) is 0 Å². The predicted molar refractivity (Wildman–Crippen MR) is 162 cm³/mol. The van der Waals surface area contributed by atoms with Crippen LogP contribution in [0, 0.1) is 0 Å². The van der Waals surface area contributed by atoms with Crippen LogP contribution in [0.1, 0.15) is 67.8 Å². The Bertz CT molecular complexity index is 1080. The molecule has 2 atom stereocenters. The second-order valence-corrected chi connectivity index (χ2v) is 13.2. The van der Waals surface area contributed by atoms with Crippen LogP contribution in [0.2, 0.25) is 5.02 Å². The third-order valence-corrected chi connectivity index (χ3v) is 9.79. The quantitative estimate of drug-likeness (QED) is 0.204. The average molecular weight is 579 g/mol. The van der Waals surface area contributed by atoms with Gasteiger partial charge < -0.3 is 21.1 Å². The molecule has 8 nitrogen and oxygen atoms in total. The Hall–Kier alpha value is -2.01. The van der Waals surface area contributed by atoms with Crippen LogP contribution in [0.4, 0.5) is 11.4 Å². The van der Waals surface area contributed by atoms with E-state index in [0.29, 0.717) is 54.1 Å². The number of hydrogen-bond donors (Lipinski definition) is 6. The highest BCUT2D eigenvalue weighted by atomic mass is 35.5. The van der Waals surface area contributed by atoms with E-state index in [2.05, 4.69) is 16.0 Å². The van der Waals surface area contributed by atoms with Gasteiger partial charge >= 0.3 is 0 Å². The van der Waals surface area contributed by atoms with Crippen molar-refractivity contribution in [2.75, 3.05) is 35.0 Å². The molecule has 2 aliphatic rings. The van der Waals surface area contributed by atoms with Gasteiger partial charge in [-0.25, -0.2) is 0 Å². The van der Waals surface area contributed by atoms with E-state index < -0.39 is 22.9 Å². The number of carbonyl (C=O) groups is 1. The zero-order chi connectivity index (χ0) is 27.8. The third-order valence-electron chi connectivity index (χ3n) is 7.60. The highest BCUT2D eigenvalue weighted by Gasteiger charge is 2.29. The molecule has 2 fully saturated rings. The van der Waals surface area contributed by atoms with Crippen molar-refractivity contribution in [3.05, 3.63) is 58.6 Å². The molecule has 1 saturated heterocycles. The van der Waals surface area contributed by atoms with E-state index in [4.69, 9.17) is 11.6 Å². The summed E-state index contributed by atoms with van der Waals surface area (Å²) in [5.41, 5.74) is 2.70. The molecule has 0 aromatic heterocycles. The lowest BCUT2D eigenvalue weighted by Crippen LogP contribution is -2.50. The number of rotatable bonds is 11. The average Bonchev–Trinajstić information content (AvgIpc) is 2.93. The molecule has 39 heavy (non-hydrogen) atoms. The summed E-state index contributed by atoms with van der Waals surface area (Å²) in [5.74, 6) is 0.00345. The second kappa shape index (κ2) is 14.1. The Morgan fingerprint density at radius 3 is 2.51 bits per heavy atom. The van der Waals surface area contributed by atoms with Gasteiger partial charge in [0.25, 0.3) is 5.91 Å². The molecular weight excluding hydrogens is 536 g/mol. The maximum atomic E-state index is 13.6. The van der Waals surface area contributed by atoms with Crippen molar-refractivity contribution in [2.45, 2.75) is 76.5 Å². The van der Waals surface area contributed by atoms with E-state index in [9.17, 15) is 19.0 Å². The molecule has 0 radical (unpaired) electrons. The van der Waals surface area contributed by atoms with E-state index in [-0.39, 0.29) is 5.91 Å². The summed E-state index contributed by atoms with van der Waals surface area (Å²) in [4.78, 5) is 13.6. The van der Waals surface area contributed by atoms with E-state index in [1.54, 1.807) is 16.4 Å². The van der Waals surface area contributed by atoms with Gasteiger partial charge in [-0.2, -0.15) is 0 Å². The minimum Gasteiger partial charge on any atom is -0.390 e. The van der Waals surface area contributed by atoms with Crippen LogP contribution in [0.15, 0.2) is 42.5 Å². The summed E-state index contributed by atoms with van der Waals surface area (Å²) in [6, 6.07) is 12.6. The van der Waals surface area contributed by atoms with Gasteiger partial charge in [-0.15, -0.1) is 10.8 Å². The van der Waals surface area contributed by atoms with E-state index in [0.717, 1.165) is 36.9 Å². The number of benzene rings is 2. The zero-order valence-electron chi connectivity index (χ0n) is 22.7. The van der Waals surface area contributed by atoms with Gasteiger partial charge in [0, 0.05) is 41.9 Å². The fraction of sp³-hybridized carbons (Fsp3) is 0.552. The zero-order valence-corrected chi connectivity index (χ0v) is 24.3. The van der Waals surface area contributed by atoms with Crippen LogP contribution in [-0.2, 0) is 6.42 Å². The Kier molecular flexibility index (Phi) is 10.8. The number of amides is 1. The van der Waals surface area contributed by atoms with Crippen molar-refractivity contribution in [1.29, 1.82) is 0 Å². The van der Waals surface area contributed by atoms with Gasteiger partial charge in [-0.1, -0.05) is 43.0 Å². The molecule has 1 heterocycles. The SMILES string of the molecule is CCNc1cc(C(=O)N[C@@H](Cc2ccc(Cl)cc2)[C@H](O)CNC2CCCCC2)cc(N2CCCCS2(O)O)c1. The van der Waals surface area contributed by atoms with Crippen molar-refractivity contribution in [1.82, 2.24) is 10.6 Å². The number of carbonyl (C=O) groups excluding carboxylic acids is 1. The first-order chi connectivity index (χ1) is 18.7. The summed E-state index contributed by atoms with van der Waals surface area (Å²) < 4.78 is 23.0. The van der Waals surface area contributed by atoms with Crippen LogP contribution in [0.25, 0.3) is 0 Å². The van der Waals surface area contributed by atoms with Crippen LogP contribution >= 0.6 is 22.4 Å². The number of anilines is 2. The predicted octanol–water partition coefficient (Wildman–Crippen LogP) is 5.66. The fourth-order valence-electron chi connectivity index (χ4n) is 5.44. The second-order valence-electron chi connectivity index (χ2n) is 10.7. The molecule has 1 amide bonds. The summed E-state index contributed by atoms with van der Waals surface area (Å²) in [6.45, 7) is 3.54. The topological polar surface area (TPSA) is 117 Å². The first-order valence-electron chi connectivity index (χ1n) is 14.1. The molecule has 0 unspecified atom stereocenters. The van der Waals surface area contributed by atoms with Crippen LogP contribution in [-0.4, -0.2) is 63.7 Å². The summed E-state index contributed by atoms with van der Waals surface area (Å²) in [7, 11) is -2.93. The molecule has 0 spiro atoms. The van der Waals surface area contributed by atoms with Crippen LogP contribution < -0.4 is 20.3 Å². The monoisotopic (exact) mass is 578 g/mol. The van der Waals surface area contributed by atoms with Crippen molar-refractivity contribution in [2.24, 2.45) is 0 Å². The van der Waals surface area contributed by atoms with E-state index >= 15 is 0 Å². The highest BCUT2D eigenvalue weighted by Crippen LogP contribution is 2.50. The minimum atomic E-state index is -2.93. The first kappa shape index (κ1) is 30.0. The van der Waals surface area contributed by atoms with Crippen molar-refractivity contribution in [3.8, 4) is 0 Å². The lowest BCUT2D eigenvalue weighted by atomic mass is 9.95. The van der Waals surface area contributed by atoms with E-state index in [1.165, 1.54) is 19.3 Å². The van der Waals surface area contributed by atoms with E-state index in [1.807, 2.05) is 37.3 Å². The molecule has 0 bridgehead atoms. The summed E-state index contributed by atoms with van der Waals surface area (Å²) >= 11 is 6.08. The summed E-state index contributed by atoms with van der Waals surface area (Å²) in [5, 5.41) is 21.7. The van der Waals surface area contributed by atoms with Gasteiger partial charge in [0.1, 0.15) is 0 Å². The van der Waals surface area contributed by atoms with Crippen molar-refractivity contribution < 1.29 is 19.0 Å². The molecule has 6 N–H and O–H groups in total. The van der Waals surface area contributed by atoms with Crippen molar-refractivity contribution >= 4 is 39.7 Å². The fourth-order valence-corrected chi connectivity index (χ4v) is 7.25. The first-order valence-corrected chi connectivity index (χ1v) is 16.2. The lowest BCUT2D eigenvalue weighted by Gasteiger charge is -2.47. The number of halogens is 1. The standard InChI is InChI=1S/C29H43ClN4O4S/c1-2-31-25-17-22(18-26(19-25)34-14-6-7-15-39(34,37)38)29(36)33-27(16-21-10-12-23(30)13-11-21)28(35)20-32-24-8-4-3-5-9-24/h10-13,17-19,24,27-28,31-32,35,37-38H,2-9,14-16,20H2,1H3,(H,33,36)/t27-,28+/m0/s1. The van der Waals surface area contributed by atoms with Gasteiger partial charge in [-0.05, 0) is 74.9 Å². The highest BCUT2D eigenvalue weighted by molar-refractivity contribution is 8.25. The smallest absolute Gasteiger partial charge is 0.251 e. The Morgan fingerprint density at radius 1 is 1.08 bits per heavy atom. The maximum Gasteiger partial charge on any atom is 0.251 e. The molecule has 1 aliphatic carbocycles. The number of nitrogens with one attached hydrogen (secondary N) is 3. The molecule has 2 aromatic carbocycles. The normalized spacial score (nSPS) is 20.2. The van der Waals surface area contributed by atoms with Gasteiger partial charge in [0.2, 0.25) is 0 Å². The Labute approximate surface area is 239 Å². The Balaban J connectivity index is 1.54. The number of hydrogen-bond acceptors (Lipinski definition) is 7. The molecule has 216 valence electrons. The summed E-state index contributed by atoms with van der Waals surface area (Å²) in [6.07, 6.45) is 7.14. The molecular formula is C29H43ClN4O4S. The van der Waals surface area contributed by atoms with Gasteiger partial charge in [0.05, 0.1) is 23.6 Å². The van der Waals surface area contributed by atoms with Crippen LogP contribution in [0.5, 0.6) is 0 Å². The van der Waals surface area contributed by atoms with Crippen molar-refractivity contribution in [3.63, 3.8) is 0 Å². The molecule has 4 rings (SSSR count). The molecule has 1 aliphatic heterocycles. The maximum absolute atomic E-state index is 13.6. The number of nitrogens with zero attached hydrogens (tertiary/aromatic N) is 1. The number of aliphatic hydroxyl groups excluding tert-OH is 1. The molecule has 10 heteroatoms. The molecule has 1 saturated carbocycles. The van der Waals surface area contributed by atoms with Gasteiger partial charge in [-0.3, -0.25) is 18.2 Å².